The van der Waals surface area contributed by atoms with Crippen molar-refractivity contribution in [2.75, 3.05) is 38.3 Å². The molecule has 1 aromatic heterocycles. The van der Waals surface area contributed by atoms with Crippen LogP contribution in [-0.4, -0.2) is 38.3 Å². The van der Waals surface area contributed by atoms with Crippen molar-refractivity contribution in [3.05, 3.63) is 11.1 Å². The topological polar surface area (TPSA) is 37.4 Å². The Morgan fingerprint density at radius 3 is 3.21 bits per heavy atom. The average molecular weight is 283 g/mol. The molecule has 2 unspecified atom stereocenters. The van der Waals surface area contributed by atoms with Crippen LogP contribution in [0.15, 0.2) is 6.20 Å². The van der Waals surface area contributed by atoms with Gasteiger partial charge in [-0.3, -0.25) is 0 Å². The Labute approximate surface area is 120 Å². The Hall–Kier alpha value is -0.650. The predicted octanol–water partition coefficient (Wildman–Crippen LogP) is 2.68. The van der Waals surface area contributed by atoms with Gasteiger partial charge >= 0.3 is 0 Å². The summed E-state index contributed by atoms with van der Waals surface area (Å²) in [6, 6.07) is 0.406. The van der Waals surface area contributed by atoms with Gasteiger partial charge in [-0.15, -0.1) is 11.3 Å². The molecule has 0 spiro atoms. The highest BCUT2D eigenvalue weighted by molar-refractivity contribution is 7.15. The fraction of sp³-hybridized carbons (Fsp3) is 0.786. The van der Waals surface area contributed by atoms with E-state index in [0.717, 1.165) is 26.2 Å². The molecule has 1 aromatic rings. The molecule has 0 radical (unpaired) electrons. The van der Waals surface area contributed by atoms with Crippen LogP contribution in [0.1, 0.15) is 37.6 Å². The molecule has 19 heavy (non-hydrogen) atoms. The van der Waals surface area contributed by atoms with Crippen LogP contribution >= 0.6 is 11.3 Å². The zero-order valence-corrected chi connectivity index (χ0v) is 13.0. The summed E-state index contributed by atoms with van der Waals surface area (Å²) in [4.78, 5) is 8.31. The fourth-order valence-electron chi connectivity index (χ4n) is 2.46. The molecule has 108 valence electrons. The summed E-state index contributed by atoms with van der Waals surface area (Å²) in [6.45, 7) is 8.52. The third-order valence-electron chi connectivity index (χ3n) is 3.60. The van der Waals surface area contributed by atoms with E-state index in [1.54, 1.807) is 7.11 Å². The molecule has 2 rings (SSSR count). The average Bonchev–Trinajstić information content (AvgIpc) is 3.04. The lowest BCUT2D eigenvalue weighted by atomic mass is 10.1. The molecule has 1 aliphatic heterocycles. The van der Waals surface area contributed by atoms with E-state index in [2.05, 4.69) is 29.0 Å². The van der Waals surface area contributed by atoms with Gasteiger partial charge in [-0.05, 0) is 26.3 Å². The molecule has 1 N–H and O–H groups in total. The van der Waals surface area contributed by atoms with E-state index in [1.165, 1.54) is 22.9 Å². The molecule has 0 aromatic carbocycles. The number of thiazole rings is 1. The number of aromatic nitrogens is 1. The Bertz CT molecular complexity index is 383. The number of methoxy groups -OCH3 is 1. The number of hydrogen-bond donors (Lipinski definition) is 1. The van der Waals surface area contributed by atoms with Crippen molar-refractivity contribution in [3.8, 4) is 0 Å². The first-order chi connectivity index (χ1) is 9.24. The van der Waals surface area contributed by atoms with Crippen molar-refractivity contribution in [2.24, 2.45) is 5.92 Å². The highest BCUT2D eigenvalue weighted by Gasteiger charge is 2.24. The number of anilines is 1. The lowest BCUT2D eigenvalue weighted by Gasteiger charge is -2.15. The van der Waals surface area contributed by atoms with Crippen LogP contribution in [0.2, 0.25) is 0 Å². The summed E-state index contributed by atoms with van der Waals surface area (Å²) in [5.41, 5.74) is 0. The minimum absolute atomic E-state index is 0.406. The van der Waals surface area contributed by atoms with Crippen LogP contribution in [0, 0.1) is 5.92 Å². The lowest BCUT2D eigenvalue weighted by molar-refractivity contribution is 0.161. The molecule has 4 nitrogen and oxygen atoms in total. The first kappa shape index (κ1) is 14.8. The zero-order chi connectivity index (χ0) is 13.7. The number of nitrogens with one attached hydrogen (secondary N) is 1. The summed E-state index contributed by atoms with van der Waals surface area (Å²) in [5.74, 6) is 0.660. The lowest BCUT2D eigenvalue weighted by Crippen LogP contribution is -2.20. The molecule has 0 saturated carbocycles. The minimum Gasteiger partial charge on any atom is -0.384 e. The molecule has 0 bridgehead atoms. The molecule has 1 fully saturated rings. The second kappa shape index (κ2) is 7.22. The van der Waals surface area contributed by atoms with Crippen LogP contribution in [0.25, 0.3) is 0 Å². The molecular formula is C14H25N3OS. The Morgan fingerprint density at radius 2 is 2.47 bits per heavy atom. The summed E-state index contributed by atoms with van der Waals surface area (Å²) in [6.07, 6.45) is 4.41. The molecule has 5 heteroatoms. The number of hydrogen-bond acceptors (Lipinski definition) is 5. The smallest absolute Gasteiger partial charge is 0.185 e. The van der Waals surface area contributed by atoms with Crippen LogP contribution in [0.4, 0.5) is 5.13 Å². The maximum atomic E-state index is 5.24. The van der Waals surface area contributed by atoms with E-state index in [4.69, 9.17) is 4.74 Å². The van der Waals surface area contributed by atoms with Gasteiger partial charge in [-0.25, -0.2) is 4.98 Å². The van der Waals surface area contributed by atoms with Gasteiger partial charge < -0.3 is 15.0 Å². The summed E-state index contributed by atoms with van der Waals surface area (Å²) < 4.78 is 5.24. The van der Waals surface area contributed by atoms with E-state index in [9.17, 15) is 0 Å². The summed E-state index contributed by atoms with van der Waals surface area (Å²) in [7, 11) is 1.78. The van der Waals surface area contributed by atoms with E-state index >= 15 is 0 Å². The van der Waals surface area contributed by atoms with Crippen molar-refractivity contribution in [1.82, 2.24) is 10.3 Å². The van der Waals surface area contributed by atoms with Gasteiger partial charge in [0.1, 0.15) is 0 Å². The van der Waals surface area contributed by atoms with Crippen LogP contribution in [0.3, 0.4) is 0 Å². The SMILES string of the molecule is CCCNC(C)c1cnc(N2CCC(COC)C2)s1. The molecule has 2 atom stereocenters. The largest absolute Gasteiger partial charge is 0.384 e. The van der Waals surface area contributed by atoms with Gasteiger partial charge in [-0.1, -0.05) is 6.92 Å². The molecule has 0 amide bonds. The van der Waals surface area contributed by atoms with Crippen LogP contribution in [-0.2, 0) is 4.74 Å². The van der Waals surface area contributed by atoms with Gasteiger partial charge in [0.05, 0.1) is 6.61 Å². The molecule has 1 saturated heterocycles. The van der Waals surface area contributed by atoms with Gasteiger partial charge in [0.2, 0.25) is 0 Å². The second-order valence-electron chi connectivity index (χ2n) is 5.28. The number of rotatable bonds is 7. The Kier molecular flexibility index (Phi) is 5.60. The maximum Gasteiger partial charge on any atom is 0.185 e. The highest BCUT2D eigenvalue weighted by Crippen LogP contribution is 2.30. The zero-order valence-electron chi connectivity index (χ0n) is 12.2. The second-order valence-corrected chi connectivity index (χ2v) is 6.32. The van der Waals surface area contributed by atoms with Crippen molar-refractivity contribution >= 4 is 16.5 Å². The van der Waals surface area contributed by atoms with Gasteiger partial charge in [-0.2, -0.15) is 0 Å². The Balaban J connectivity index is 1.90. The van der Waals surface area contributed by atoms with E-state index in [1.807, 2.05) is 17.5 Å². The molecule has 0 aliphatic carbocycles. The standard InChI is InChI=1S/C14H25N3OS/c1-4-6-15-11(2)13-8-16-14(19-13)17-7-5-12(9-17)10-18-3/h8,11-12,15H,4-7,9-10H2,1-3H3. The molecule has 2 heterocycles. The predicted molar refractivity (Wildman–Crippen MR) is 81.0 cm³/mol. The minimum atomic E-state index is 0.406. The molecule has 1 aliphatic rings. The van der Waals surface area contributed by atoms with Gasteiger partial charge in [0.15, 0.2) is 5.13 Å². The van der Waals surface area contributed by atoms with Crippen molar-refractivity contribution in [3.63, 3.8) is 0 Å². The van der Waals surface area contributed by atoms with Crippen molar-refractivity contribution in [1.29, 1.82) is 0 Å². The van der Waals surface area contributed by atoms with Crippen molar-refractivity contribution < 1.29 is 4.74 Å². The van der Waals surface area contributed by atoms with E-state index in [-0.39, 0.29) is 0 Å². The highest BCUT2D eigenvalue weighted by atomic mass is 32.1. The third-order valence-corrected chi connectivity index (χ3v) is 4.84. The first-order valence-electron chi connectivity index (χ1n) is 7.17. The van der Waals surface area contributed by atoms with Crippen LogP contribution in [0.5, 0.6) is 0 Å². The van der Waals surface area contributed by atoms with Crippen molar-refractivity contribution in [2.45, 2.75) is 32.7 Å². The number of nitrogens with zero attached hydrogens (tertiary/aromatic N) is 2. The van der Waals surface area contributed by atoms with E-state index < -0.39 is 0 Å². The van der Waals surface area contributed by atoms with Gasteiger partial charge in [0.25, 0.3) is 0 Å². The summed E-state index contributed by atoms with van der Waals surface area (Å²) >= 11 is 1.82. The van der Waals surface area contributed by atoms with E-state index in [0.29, 0.717) is 12.0 Å². The summed E-state index contributed by atoms with van der Waals surface area (Å²) in [5, 5.41) is 4.68. The quantitative estimate of drug-likeness (QED) is 0.835. The molecular weight excluding hydrogens is 258 g/mol. The third kappa shape index (κ3) is 3.91. The Morgan fingerprint density at radius 1 is 1.63 bits per heavy atom. The van der Waals surface area contributed by atoms with Crippen LogP contribution < -0.4 is 10.2 Å². The monoisotopic (exact) mass is 283 g/mol. The van der Waals surface area contributed by atoms with Gasteiger partial charge in [0, 0.05) is 43.2 Å². The fourth-order valence-corrected chi connectivity index (χ4v) is 3.44. The first-order valence-corrected chi connectivity index (χ1v) is 7.99. The normalized spacial score (nSPS) is 21.0. The maximum absolute atomic E-state index is 5.24. The number of ether oxygens (including phenoxy) is 1.